The maximum atomic E-state index is 13.0. The molecular weight excluding hydrogens is 380 g/mol. The van der Waals surface area contributed by atoms with Crippen LogP contribution in [0.4, 0.5) is 4.79 Å². The first-order valence-corrected chi connectivity index (χ1v) is 12.1. The Bertz CT molecular complexity index is 659. The Morgan fingerprint density at radius 1 is 1.00 bits per heavy atom. The fraction of sp³-hybridized carbons (Fsp3) is 0.870. The third kappa shape index (κ3) is 4.23. The zero-order valence-corrected chi connectivity index (χ0v) is 18.5. The number of hydrogen-bond acceptors (Lipinski definition) is 4. The molecule has 0 atom stereocenters. The number of imide groups is 1. The molecule has 0 aromatic heterocycles. The van der Waals surface area contributed by atoms with Gasteiger partial charge in [0.05, 0.1) is 0 Å². The highest BCUT2D eigenvalue weighted by molar-refractivity contribution is 6.09. The second-order valence-corrected chi connectivity index (χ2v) is 10.2. The van der Waals surface area contributed by atoms with Gasteiger partial charge in [-0.05, 0) is 70.4 Å². The third-order valence-electron chi connectivity index (χ3n) is 8.10. The van der Waals surface area contributed by atoms with Crippen molar-refractivity contribution in [3.8, 4) is 0 Å². The van der Waals surface area contributed by atoms with Gasteiger partial charge in [0.2, 0.25) is 5.91 Å². The molecule has 2 N–H and O–H groups in total. The molecular formula is C23H38N4O3. The number of carbonyl (C=O) groups is 3. The van der Waals surface area contributed by atoms with Crippen LogP contribution in [0, 0.1) is 5.92 Å². The molecule has 2 saturated heterocycles. The highest BCUT2D eigenvalue weighted by Gasteiger charge is 2.52. The van der Waals surface area contributed by atoms with Gasteiger partial charge in [0.25, 0.3) is 5.91 Å². The van der Waals surface area contributed by atoms with Gasteiger partial charge in [-0.2, -0.15) is 0 Å². The minimum Gasteiger partial charge on any atom is -0.353 e. The lowest BCUT2D eigenvalue weighted by Gasteiger charge is -2.48. The lowest BCUT2D eigenvalue weighted by atomic mass is 9.77. The van der Waals surface area contributed by atoms with E-state index in [4.69, 9.17) is 0 Å². The summed E-state index contributed by atoms with van der Waals surface area (Å²) in [6.45, 7) is 4.87. The molecule has 7 heteroatoms. The van der Waals surface area contributed by atoms with Gasteiger partial charge in [-0.15, -0.1) is 0 Å². The molecule has 2 saturated carbocycles. The monoisotopic (exact) mass is 418 g/mol. The normalized spacial score (nSPS) is 32.3. The van der Waals surface area contributed by atoms with Crippen LogP contribution in [0.15, 0.2) is 0 Å². The highest BCUT2D eigenvalue weighted by atomic mass is 16.2. The van der Waals surface area contributed by atoms with Crippen LogP contribution in [0.25, 0.3) is 0 Å². The van der Waals surface area contributed by atoms with E-state index < -0.39 is 11.6 Å². The van der Waals surface area contributed by atoms with Gasteiger partial charge in [0.1, 0.15) is 12.1 Å². The summed E-state index contributed by atoms with van der Waals surface area (Å²) < 4.78 is 0. The number of hydrogen-bond donors (Lipinski definition) is 2. The molecule has 0 bridgehead atoms. The smallest absolute Gasteiger partial charge is 0.325 e. The van der Waals surface area contributed by atoms with E-state index >= 15 is 0 Å². The van der Waals surface area contributed by atoms with Crippen LogP contribution in [-0.2, 0) is 9.59 Å². The molecule has 2 heterocycles. The summed E-state index contributed by atoms with van der Waals surface area (Å²) in [6.07, 6.45) is 12.9. The summed E-state index contributed by atoms with van der Waals surface area (Å²) in [4.78, 5) is 42.0. The predicted molar refractivity (Wildman–Crippen MR) is 115 cm³/mol. The molecule has 2 aliphatic heterocycles. The van der Waals surface area contributed by atoms with Gasteiger partial charge in [-0.25, -0.2) is 4.79 Å². The van der Waals surface area contributed by atoms with Gasteiger partial charge in [-0.1, -0.05) is 32.6 Å². The van der Waals surface area contributed by atoms with Crippen molar-refractivity contribution < 1.29 is 14.4 Å². The van der Waals surface area contributed by atoms with Crippen molar-refractivity contribution in [2.24, 2.45) is 5.92 Å². The molecule has 4 fully saturated rings. The van der Waals surface area contributed by atoms with Crippen molar-refractivity contribution in [3.63, 3.8) is 0 Å². The van der Waals surface area contributed by atoms with Crippen LogP contribution in [0.1, 0.15) is 84.0 Å². The molecule has 4 rings (SSSR count). The lowest BCUT2D eigenvalue weighted by Crippen LogP contribution is -2.58. The van der Waals surface area contributed by atoms with Crippen molar-refractivity contribution in [2.75, 3.05) is 26.2 Å². The molecule has 7 nitrogen and oxygen atoms in total. The number of amides is 4. The molecule has 0 aromatic carbocycles. The first-order valence-electron chi connectivity index (χ1n) is 12.1. The van der Waals surface area contributed by atoms with Crippen molar-refractivity contribution in [2.45, 2.75) is 95.1 Å². The quantitative estimate of drug-likeness (QED) is 0.673. The largest absolute Gasteiger partial charge is 0.353 e. The third-order valence-corrected chi connectivity index (χ3v) is 8.10. The van der Waals surface area contributed by atoms with E-state index in [0.717, 1.165) is 43.7 Å². The average molecular weight is 419 g/mol. The molecule has 1 spiro atoms. The molecule has 0 unspecified atom stereocenters. The fourth-order valence-electron chi connectivity index (χ4n) is 6.06. The van der Waals surface area contributed by atoms with E-state index in [2.05, 4.69) is 22.5 Å². The van der Waals surface area contributed by atoms with Gasteiger partial charge in [-0.3, -0.25) is 19.4 Å². The van der Waals surface area contributed by atoms with Gasteiger partial charge in [0, 0.05) is 12.1 Å². The number of urea groups is 1. The number of carbonyl (C=O) groups excluding carboxylic acids is 3. The molecule has 4 aliphatic rings. The van der Waals surface area contributed by atoms with E-state index in [-0.39, 0.29) is 23.9 Å². The van der Waals surface area contributed by atoms with Crippen molar-refractivity contribution in [3.05, 3.63) is 0 Å². The SMILES string of the molecule is CC1CCC2(CC1)NC(=O)N(CC(=O)NCC1(N3CCCCC3)CCCCC1)C2=O. The van der Waals surface area contributed by atoms with Gasteiger partial charge >= 0.3 is 6.03 Å². The van der Waals surface area contributed by atoms with Crippen molar-refractivity contribution in [1.29, 1.82) is 0 Å². The van der Waals surface area contributed by atoms with E-state index in [1.807, 2.05) is 0 Å². The number of rotatable bonds is 5. The minimum atomic E-state index is -0.776. The summed E-state index contributed by atoms with van der Waals surface area (Å²) in [5, 5.41) is 6.01. The van der Waals surface area contributed by atoms with E-state index in [1.165, 1.54) is 38.5 Å². The standard InChI is InChI=1S/C23H38N4O3/c1-18-8-12-23(13-9-18)20(29)27(21(30)25-23)16-19(28)24-17-22(10-4-2-5-11-22)26-14-6-3-7-15-26/h18H,2-17H2,1H3,(H,24,28)(H,25,30). The van der Waals surface area contributed by atoms with Gasteiger partial charge < -0.3 is 10.6 Å². The topological polar surface area (TPSA) is 81.8 Å². The fourth-order valence-corrected chi connectivity index (χ4v) is 6.06. The van der Waals surface area contributed by atoms with Crippen molar-refractivity contribution >= 4 is 17.8 Å². The van der Waals surface area contributed by atoms with Crippen LogP contribution in [0.5, 0.6) is 0 Å². The Morgan fingerprint density at radius 2 is 1.63 bits per heavy atom. The lowest BCUT2D eigenvalue weighted by molar-refractivity contribution is -0.136. The first kappa shape index (κ1) is 21.6. The predicted octanol–water partition coefficient (Wildman–Crippen LogP) is 2.79. The second-order valence-electron chi connectivity index (χ2n) is 10.2. The molecule has 4 amide bonds. The summed E-state index contributed by atoms with van der Waals surface area (Å²) >= 11 is 0. The minimum absolute atomic E-state index is 0.0480. The molecule has 30 heavy (non-hydrogen) atoms. The molecule has 2 aliphatic carbocycles. The summed E-state index contributed by atoms with van der Waals surface area (Å²) in [5.74, 6) is 0.152. The Hall–Kier alpha value is -1.63. The number of nitrogens with one attached hydrogen (secondary N) is 2. The number of nitrogens with zero attached hydrogens (tertiary/aromatic N) is 2. The van der Waals surface area contributed by atoms with Crippen LogP contribution in [0.3, 0.4) is 0 Å². The van der Waals surface area contributed by atoms with Crippen molar-refractivity contribution in [1.82, 2.24) is 20.4 Å². The maximum Gasteiger partial charge on any atom is 0.325 e. The first-order chi connectivity index (χ1) is 14.4. The van der Waals surface area contributed by atoms with Crippen LogP contribution in [0.2, 0.25) is 0 Å². The zero-order chi connectivity index (χ0) is 21.2. The number of piperidine rings is 1. The van der Waals surface area contributed by atoms with E-state index in [0.29, 0.717) is 25.3 Å². The summed E-state index contributed by atoms with van der Waals surface area (Å²) in [5.41, 5.74) is -0.728. The summed E-state index contributed by atoms with van der Waals surface area (Å²) in [7, 11) is 0. The zero-order valence-electron chi connectivity index (χ0n) is 18.5. The Kier molecular flexibility index (Phi) is 6.37. The average Bonchev–Trinajstić information content (AvgIpc) is 3.00. The van der Waals surface area contributed by atoms with Gasteiger partial charge in [0.15, 0.2) is 0 Å². The molecule has 0 aromatic rings. The Labute approximate surface area is 180 Å². The number of likely N-dealkylation sites (tertiary alicyclic amines) is 1. The molecule has 0 radical (unpaired) electrons. The van der Waals surface area contributed by atoms with E-state index in [9.17, 15) is 14.4 Å². The van der Waals surface area contributed by atoms with E-state index in [1.54, 1.807) is 0 Å². The maximum absolute atomic E-state index is 13.0. The van der Waals surface area contributed by atoms with Crippen LogP contribution in [-0.4, -0.2) is 64.9 Å². The highest BCUT2D eigenvalue weighted by Crippen LogP contribution is 2.37. The van der Waals surface area contributed by atoms with Crippen LogP contribution < -0.4 is 10.6 Å². The molecule has 168 valence electrons. The summed E-state index contributed by atoms with van der Waals surface area (Å²) in [6, 6.07) is -0.409. The Morgan fingerprint density at radius 3 is 2.30 bits per heavy atom. The van der Waals surface area contributed by atoms with Crippen LogP contribution >= 0.6 is 0 Å². The second kappa shape index (κ2) is 8.85. The Balaban J connectivity index is 1.35.